The van der Waals surface area contributed by atoms with Crippen LogP contribution in [0, 0.1) is 29.6 Å². The van der Waals surface area contributed by atoms with E-state index in [1.54, 1.807) is 0 Å². The van der Waals surface area contributed by atoms with Crippen molar-refractivity contribution in [3.8, 4) is 0 Å². The summed E-state index contributed by atoms with van der Waals surface area (Å²) < 4.78 is 39.7. The highest BCUT2D eigenvalue weighted by atomic mass is 19.4. The number of nitrogens with zero attached hydrogens (tertiary/aromatic N) is 1. The molecule has 6 atom stereocenters. The Balaban J connectivity index is 1.04. The molecule has 6 unspecified atom stereocenters. The minimum Gasteiger partial charge on any atom is -0.353 e. The zero-order chi connectivity index (χ0) is 33.2. The Labute approximate surface area is 277 Å². The Hall–Kier alpha value is -3.13. The molecule has 0 spiro atoms. The van der Waals surface area contributed by atoms with Gasteiger partial charge in [0.1, 0.15) is 6.54 Å². The van der Waals surface area contributed by atoms with Gasteiger partial charge in [0.05, 0.1) is 5.41 Å². The second-order valence-corrected chi connectivity index (χ2v) is 14.6. The molecule has 1 aliphatic heterocycles. The van der Waals surface area contributed by atoms with Crippen molar-refractivity contribution in [2.24, 2.45) is 29.6 Å². The number of nitrogens with one attached hydrogen (secondary N) is 2. The Bertz CT molecular complexity index is 1440. The third kappa shape index (κ3) is 7.04. The normalized spacial score (nSPS) is 30.8. The molecule has 1 aromatic rings. The lowest BCUT2D eigenvalue weighted by atomic mass is 9.71. The van der Waals surface area contributed by atoms with Gasteiger partial charge in [-0.1, -0.05) is 87.4 Å². The van der Waals surface area contributed by atoms with Crippen LogP contribution in [0.3, 0.4) is 0 Å². The number of hydrogen-bond donors (Lipinski definition) is 2. The molecule has 1 aromatic carbocycles. The van der Waals surface area contributed by atoms with Crippen LogP contribution < -0.4 is 10.6 Å². The summed E-state index contributed by atoms with van der Waals surface area (Å²) in [6.45, 7) is 5.72. The minimum absolute atomic E-state index is 0.0932. The highest BCUT2D eigenvalue weighted by molar-refractivity contribution is 6.01. The molecule has 0 aromatic heterocycles. The van der Waals surface area contributed by atoms with E-state index in [4.69, 9.17) is 0 Å². The quantitative estimate of drug-likeness (QED) is 0.258. The molecule has 2 amide bonds. The highest BCUT2D eigenvalue weighted by Gasteiger charge is 2.51. The van der Waals surface area contributed by atoms with E-state index in [2.05, 4.69) is 59.8 Å². The van der Waals surface area contributed by atoms with Crippen LogP contribution in [0.25, 0.3) is 5.57 Å². The van der Waals surface area contributed by atoms with Crippen LogP contribution in [0.1, 0.15) is 82.8 Å². The van der Waals surface area contributed by atoms with Gasteiger partial charge in [0.15, 0.2) is 0 Å². The van der Waals surface area contributed by atoms with Gasteiger partial charge in [0.25, 0.3) is 0 Å². The van der Waals surface area contributed by atoms with Gasteiger partial charge in [-0.05, 0) is 97.4 Å². The van der Waals surface area contributed by atoms with Crippen molar-refractivity contribution in [3.63, 3.8) is 0 Å². The lowest BCUT2D eigenvalue weighted by Gasteiger charge is -2.35. The summed E-state index contributed by atoms with van der Waals surface area (Å²) >= 11 is 0. The molecule has 0 radical (unpaired) electrons. The Morgan fingerprint density at radius 1 is 1.00 bits per heavy atom. The van der Waals surface area contributed by atoms with Crippen LogP contribution in [0.2, 0.25) is 0 Å². The van der Waals surface area contributed by atoms with E-state index in [1.807, 2.05) is 30.3 Å². The summed E-state index contributed by atoms with van der Waals surface area (Å²) in [5.41, 5.74) is 2.66. The van der Waals surface area contributed by atoms with Crippen molar-refractivity contribution >= 4 is 17.4 Å². The van der Waals surface area contributed by atoms with Crippen molar-refractivity contribution in [1.82, 2.24) is 15.5 Å². The number of unbranched alkanes of at least 4 members (excludes halogenated alkanes) is 1. The first-order valence-corrected chi connectivity index (χ1v) is 17.8. The van der Waals surface area contributed by atoms with Gasteiger partial charge in [0.2, 0.25) is 11.8 Å². The highest BCUT2D eigenvalue weighted by Crippen LogP contribution is 2.54. The molecule has 4 aliphatic carbocycles. The van der Waals surface area contributed by atoms with Crippen LogP contribution in [0.5, 0.6) is 0 Å². The first-order valence-electron chi connectivity index (χ1n) is 17.8. The zero-order valence-electron chi connectivity index (χ0n) is 27.8. The molecule has 5 aliphatic rings. The zero-order valence-corrected chi connectivity index (χ0v) is 27.8. The number of likely N-dealkylation sites (tertiary alicyclic amines) is 1. The second kappa shape index (κ2) is 14.2. The number of halogens is 3. The Morgan fingerprint density at radius 3 is 2.53 bits per heavy atom. The summed E-state index contributed by atoms with van der Waals surface area (Å²) in [7, 11) is 0. The largest absolute Gasteiger partial charge is 0.405 e. The predicted molar refractivity (Wildman–Crippen MR) is 180 cm³/mol. The fourth-order valence-corrected chi connectivity index (χ4v) is 9.22. The summed E-state index contributed by atoms with van der Waals surface area (Å²) in [4.78, 5) is 29.7. The Morgan fingerprint density at radius 2 is 1.77 bits per heavy atom. The molecule has 1 saturated carbocycles. The molecule has 1 saturated heterocycles. The molecule has 1 heterocycles. The molecular formula is C39H50F3N3O2. The van der Waals surface area contributed by atoms with E-state index in [-0.39, 0.29) is 23.8 Å². The standard InChI is InChI=1S/C39H50F3N3O2/c1-26-11-3-4-13-29(26)30-15-10-16-31(30)36(46)44-28-19-23-45(24-20-28)22-8-7-21-38(37(47)43-25-39(40,41)42)33-17-6-5-14-32(33)35-27(2)12-9-18-34(35)38/h3-6,9,11,13-14,17-18,26-31H,7-8,10,12,15-16,19-25H2,1-2H3,(H,43,47)(H,44,46). The maximum Gasteiger partial charge on any atom is 0.405 e. The minimum atomic E-state index is -4.48. The average Bonchev–Trinajstić information content (AvgIpc) is 3.65. The molecule has 6 rings (SSSR count). The van der Waals surface area contributed by atoms with E-state index in [0.717, 1.165) is 93.3 Å². The molecule has 2 N–H and O–H groups in total. The molecule has 8 heteroatoms. The number of alkyl halides is 3. The van der Waals surface area contributed by atoms with E-state index in [0.29, 0.717) is 24.2 Å². The van der Waals surface area contributed by atoms with Crippen LogP contribution >= 0.6 is 0 Å². The smallest absolute Gasteiger partial charge is 0.353 e. The summed E-state index contributed by atoms with van der Waals surface area (Å²) in [6, 6.07) is 7.97. The van der Waals surface area contributed by atoms with Crippen molar-refractivity contribution in [2.45, 2.75) is 89.3 Å². The SMILES string of the molecule is CC1CC=CC2=C1c1ccccc1C2(CCCCN1CCC(NC(=O)C2CCCC2C2C=CC=CC2C)CC1)C(=O)NCC(F)(F)F. The van der Waals surface area contributed by atoms with Crippen molar-refractivity contribution in [1.29, 1.82) is 0 Å². The van der Waals surface area contributed by atoms with Gasteiger partial charge in [-0.2, -0.15) is 13.2 Å². The summed E-state index contributed by atoms with van der Waals surface area (Å²) in [5.74, 6) is 1.28. The lowest BCUT2D eigenvalue weighted by molar-refractivity contribution is -0.141. The summed E-state index contributed by atoms with van der Waals surface area (Å²) in [5, 5.41) is 5.67. The average molecular weight is 650 g/mol. The third-order valence-corrected chi connectivity index (χ3v) is 11.6. The number of hydrogen-bond acceptors (Lipinski definition) is 3. The molecule has 47 heavy (non-hydrogen) atoms. The van der Waals surface area contributed by atoms with Crippen LogP contribution in [0.15, 0.2) is 66.3 Å². The van der Waals surface area contributed by atoms with E-state index < -0.39 is 24.0 Å². The summed E-state index contributed by atoms with van der Waals surface area (Å²) in [6.07, 6.45) is 16.3. The van der Waals surface area contributed by atoms with Gasteiger partial charge in [0, 0.05) is 25.0 Å². The van der Waals surface area contributed by atoms with Crippen LogP contribution in [0.4, 0.5) is 13.2 Å². The van der Waals surface area contributed by atoms with Gasteiger partial charge in [-0.3, -0.25) is 9.59 Å². The van der Waals surface area contributed by atoms with Crippen LogP contribution in [-0.2, 0) is 15.0 Å². The van der Waals surface area contributed by atoms with E-state index in [1.165, 1.54) is 0 Å². The number of rotatable bonds is 10. The maximum absolute atomic E-state index is 13.8. The van der Waals surface area contributed by atoms with Crippen molar-refractivity contribution < 1.29 is 22.8 Å². The fraction of sp³-hybridized carbons (Fsp3) is 0.590. The molecule has 254 valence electrons. The second-order valence-electron chi connectivity index (χ2n) is 14.6. The predicted octanol–water partition coefficient (Wildman–Crippen LogP) is 7.51. The first-order chi connectivity index (χ1) is 22.6. The van der Waals surface area contributed by atoms with Crippen LogP contribution in [-0.4, -0.2) is 55.1 Å². The van der Waals surface area contributed by atoms with E-state index >= 15 is 0 Å². The maximum atomic E-state index is 13.8. The number of fused-ring (bicyclic) bond motifs is 2. The number of piperidine rings is 1. The molecule has 0 bridgehead atoms. The number of carbonyl (C=O) groups excluding carboxylic acids is 2. The van der Waals surface area contributed by atoms with Crippen molar-refractivity contribution in [3.05, 3.63) is 77.4 Å². The number of amides is 2. The number of allylic oxidation sites excluding steroid dienone is 7. The lowest BCUT2D eigenvalue weighted by Crippen LogP contribution is -2.48. The van der Waals surface area contributed by atoms with E-state index in [9.17, 15) is 22.8 Å². The Kier molecular flexibility index (Phi) is 10.2. The monoisotopic (exact) mass is 649 g/mol. The van der Waals surface area contributed by atoms with Gasteiger partial charge >= 0.3 is 6.18 Å². The topological polar surface area (TPSA) is 61.4 Å². The van der Waals surface area contributed by atoms with Gasteiger partial charge in [-0.25, -0.2) is 0 Å². The number of benzene rings is 1. The molecule has 2 fully saturated rings. The molecular weight excluding hydrogens is 599 g/mol. The van der Waals surface area contributed by atoms with Gasteiger partial charge in [-0.15, -0.1) is 0 Å². The van der Waals surface area contributed by atoms with Gasteiger partial charge < -0.3 is 15.5 Å². The third-order valence-electron chi connectivity index (χ3n) is 11.6. The molecule has 5 nitrogen and oxygen atoms in total. The fourth-order valence-electron chi connectivity index (χ4n) is 9.22. The van der Waals surface area contributed by atoms with Crippen molar-refractivity contribution in [2.75, 3.05) is 26.2 Å². The number of carbonyl (C=O) groups is 2. The first kappa shape index (κ1) is 33.8.